The van der Waals surface area contributed by atoms with Crippen LogP contribution in [0.2, 0.25) is 0 Å². The fraction of sp³-hybridized carbons (Fsp3) is 0.133. The summed E-state index contributed by atoms with van der Waals surface area (Å²) < 4.78 is 0. The second-order valence-electron chi connectivity index (χ2n) is 4.84. The number of fused-ring (bicyclic) bond motifs is 1. The van der Waals surface area contributed by atoms with Crippen LogP contribution in [0.1, 0.15) is 11.3 Å². The SMILES string of the molecule is Cc1ccc(C(N)=S)c(N2CC(=O)Nc3ccccc32)n1. The van der Waals surface area contributed by atoms with E-state index in [1.54, 1.807) is 0 Å². The van der Waals surface area contributed by atoms with Crippen molar-refractivity contribution in [1.29, 1.82) is 0 Å². The number of nitrogens with two attached hydrogens (primary N) is 1. The lowest BCUT2D eigenvalue weighted by Crippen LogP contribution is -2.36. The maximum Gasteiger partial charge on any atom is 0.244 e. The Morgan fingerprint density at radius 2 is 2.10 bits per heavy atom. The van der Waals surface area contributed by atoms with Crippen molar-refractivity contribution in [3.63, 3.8) is 0 Å². The molecule has 5 nitrogen and oxygen atoms in total. The number of hydrogen-bond acceptors (Lipinski definition) is 4. The van der Waals surface area contributed by atoms with Crippen LogP contribution < -0.4 is 16.0 Å². The molecule has 0 radical (unpaired) electrons. The normalized spacial score (nSPS) is 13.6. The Bertz CT molecular complexity index is 744. The number of carbonyl (C=O) groups is 1. The van der Waals surface area contributed by atoms with Crippen LogP contribution in [-0.4, -0.2) is 22.4 Å². The average Bonchev–Trinajstić information content (AvgIpc) is 2.45. The summed E-state index contributed by atoms with van der Waals surface area (Å²) in [6.45, 7) is 2.08. The van der Waals surface area contributed by atoms with Crippen LogP contribution in [0.5, 0.6) is 0 Å². The molecule has 1 aromatic carbocycles. The van der Waals surface area contributed by atoms with Gasteiger partial charge in [0.25, 0.3) is 0 Å². The van der Waals surface area contributed by atoms with Crippen molar-refractivity contribution in [2.45, 2.75) is 6.92 Å². The van der Waals surface area contributed by atoms with Gasteiger partial charge in [-0.3, -0.25) is 4.79 Å². The van der Waals surface area contributed by atoms with E-state index in [1.165, 1.54) is 0 Å². The number of amides is 1. The van der Waals surface area contributed by atoms with Crippen molar-refractivity contribution in [3.05, 3.63) is 47.7 Å². The van der Waals surface area contributed by atoms with E-state index in [9.17, 15) is 4.79 Å². The van der Waals surface area contributed by atoms with Crippen LogP contribution in [-0.2, 0) is 4.79 Å². The Morgan fingerprint density at radius 1 is 1.33 bits per heavy atom. The number of hydrogen-bond donors (Lipinski definition) is 2. The molecule has 0 unspecified atom stereocenters. The second kappa shape index (κ2) is 5.14. The Labute approximate surface area is 127 Å². The van der Waals surface area contributed by atoms with Crippen molar-refractivity contribution >= 4 is 40.3 Å². The lowest BCUT2D eigenvalue weighted by atomic mass is 10.1. The van der Waals surface area contributed by atoms with Crippen molar-refractivity contribution < 1.29 is 4.79 Å². The van der Waals surface area contributed by atoms with E-state index < -0.39 is 0 Å². The van der Waals surface area contributed by atoms with Crippen LogP contribution in [0.15, 0.2) is 36.4 Å². The maximum absolute atomic E-state index is 11.9. The van der Waals surface area contributed by atoms with Gasteiger partial charge in [-0.05, 0) is 31.2 Å². The molecule has 6 heteroatoms. The van der Waals surface area contributed by atoms with Gasteiger partial charge in [0, 0.05) is 5.69 Å². The third-order valence-corrected chi connectivity index (χ3v) is 3.53. The molecule has 0 saturated heterocycles. The maximum atomic E-state index is 11.9. The first-order valence-electron chi connectivity index (χ1n) is 6.50. The largest absolute Gasteiger partial charge is 0.389 e. The van der Waals surface area contributed by atoms with Crippen LogP contribution in [0.25, 0.3) is 0 Å². The first-order chi connectivity index (χ1) is 10.1. The number of anilines is 3. The number of benzene rings is 1. The van der Waals surface area contributed by atoms with Crippen molar-refractivity contribution in [1.82, 2.24) is 4.98 Å². The number of thiocarbonyl (C=S) groups is 1. The molecule has 106 valence electrons. The molecule has 1 aliphatic rings. The number of aromatic nitrogens is 1. The molecular weight excluding hydrogens is 284 g/mol. The molecule has 2 heterocycles. The molecule has 0 aliphatic carbocycles. The van der Waals surface area contributed by atoms with Gasteiger partial charge in [-0.2, -0.15) is 0 Å². The van der Waals surface area contributed by atoms with E-state index in [0.29, 0.717) is 11.4 Å². The summed E-state index contributed by atoms with van der Waals surface area (Å²) in [5.41, 5.74) is 8.94. The number of nitrogens with one attached hydrogen (secondary N) is 1. The highest BCUT2D eigenvalue weighted by Crippen LogP contribution is 2.35. The van der Waals surface area contributed by atoms with Gasteiger partial charge in [0.1, 0.15) is 17.4 Å². The molecule has 1 aliphatic heterocycles. The van der Waals surface area contributed by atoms with Crippen molar-refractivity contribution in [2.24, 2.45) is 5.73 Å². The van der Waals surface area contributed by atoms with E-state index >= 15 is 0 Å². The van der Waals surface area contributed by atoms with Gasteiger partial charge in [0.2, 0.25) is 5.91 Å². The Morgan fingerprint density at radius 3 is 2.86 bits per heavy atom. The molecule has 2 aromatic rings. The Hall–Kier alpha value is -2.47. The summed E-state index contributed by atoms with van der Waals surface area (Å²) in [5, 5.41) is 2.85. The number of aryl methyl sites for hydroxylation is 1. The van der Waals surface area contributed by atoms with E-state index in [2.05, 4.69) is 10.3 Å². The summed E-state index contributed by atoms with van der Waals surface area (Å²) in [6, 6.07) is 11.3. The van der Waals surface area contributed by atoms with Crippen LogP contribution >= 0.6 is 12.2 Å². The second-order valence-corrected chi connectivity index (χ2v) is 5.28. The molecule has 21 heavy (non-hydrogen) atoms. The summed E-state index contributed by atoms with van der Waals surface area (Å²) >= 11 is 5.10. The fourth-order valence-electron chi connectivity index (χ4n) is 2.36. The van der Waals surface area contributed by atoms with E-state index in [-0.39, 0.29) is 17.4 Å². The molecule has 3 N–H and O–H groups in total. The monoisotopic (exact) mass is 298 g/mol. The van der Waals surface area contributed by atoms with Gasteiger partial charge in [-0.25, -0.2) is 4.98 Å². The van der Waals surface area contributed by atoms with E-state index in [4.69, 9.17) is 18.0 Å². The van der Waals surface area contributed by atoms with Crippen molar-refractivity contribution in [3.8, 4) is 0 Å². The molecule has 0 atom stereocenters. The number of carbonyl (C=O) groups excluding carboxylic acids is 1. The molecule has 0 saturated carbocycles. The Kier molecular flexibility index (Phi) is 3.31. The Balaban J connectivity index is 2.19. The third-order valence-electron chi connectivity index (χ3n) is 3.31. The highest BCUT2D eigenvalue weighted by atomic mass is 32.1. The van der Waals surface area contributed by atoms with Crippen LogP contribution in [0, 0.1) is 6.92 Å². The lowest BCUT2D eigenvalue weighted by molar-refractivity contribution is -0.115. The first-order valence-corrected chi connectivity index (χ1v) is 6.91. The van der Waals surface area contributed by atoms with Crippen LogP contribution in [0.4, 0.5) is 17.2 Å². The summed E-state index contributed by atoms with van der Waals surface area (Å²) in [6.07, 6.45) is 0. The zero-order valence-corrected chi connectivity index (χ0v) is 12.3. The van der Waals surface area contributed by atoms with Gasteiger partial charge in [-0.1, -0.05) is 24.4 Å². The smallest absolute Gasteiger partial charge is 0.244 e. The molecule has 3 rings (SSSR count). The zero-order valence-electron chi connectivity index (χ0n) is 11.5. The number of para-hydroxylation sites is 2. The highest BCUT2D eigenvalue weighted by Gasteiger charge is 2.26. The summed E-state index contributed by atoms with van der Waals surface area (Å²) in [4.78, 5) is 18.6. The minimum absolute atomic E-state index is 0.0918. The van der Waals surface area contributed by atoms with Gasteiger partial charge < -0.3 is 16.0 Å². The average molecular weight is 298 g/mol. The first kappa shape index (κ1) is 13.5. The minimum atomic E-state index is -0.0918. The summed E-state index contributed by atoms with van der Waals surface area (Å²) in [7, 11) is 0. The van der Waals surface area contributed by atoms with Crippen molar-refractivity contribution in [2.75, 3.05) is 16.8 Å². The number of nitrogens with zero attached hydrogens (tertiary/aromatic N) is 2. The lowest BCUT2D eigenvalue weighted by Gasteiger charge is -2.31. The molecule has 1 aromatic heterocycles. The topological polar surface area (TPSA) is 71.2 Å². The standard InChI is InChI=1S/C15H14N4OS/c1-9-6-7-10(14(16)21)15(17-9)19-8-13(20)18-11-4-2-3-5-12(11)19/h2-7H,8H2,1H3,(H2,16,21)(H,18,20). The van der Waals surface area contributed by atoms with E-state index in [1.807, 2.05) is 48.2 Å². The molecular formula is C15H14N4OS. The van der Waals surface area contributed by atoms with Gasteiger partial charge >= 0.3 is 0 Å². The number of rotatable bonds is 2. The zero-order chi connectivity index (χ0) is 15.0. The minimum Gasteiger partial charge on any atom is -0.389 e. The van der Waals surface area contributed by atoms with E-state index in [0.717, 1.165) is 17.1 Å². The predicted octanol–water partition coefficient (Wildman–Crippen LogP) is 2.11. The predicted molar refractivity (Wildman–Crippen MR) is 86.9 cm³/mol. The molecule has 1 amide bonds. The van der Waals surface area contributed by atoms with Gasteiger partial charge in [-0.15, -0.1) is 0 Å². The molecule has 0 bridgehead atoms. The fourth-order valence-corrected chi connectivity index (χ4v) is 2.52. The quantitative estimate of drug-likeness (QED) is 0.831. The summed E-state index contributed by atoms with van der Waals surface area (Å²) in [5.74, 6) is 0.524. The number of pyridine rings is 1. The van der Waals surface area contributed by atoms with Crippen LogP contribution in [0.3, 0.4) is 0 Å². The highest BCUT2D eigenvalue weighted by molar-refractivity contribution is 7.80. The third kappa shape index (κ3) is 2.45. The van der Waals surface area contributed by atoms with Gasteiger partial charge in [0.15, 0.2) is 0 Å². The molecule has 0 spiro atoms. The molecule has 0 fully saturated rings. The van der Waals surface area contributed by atoms with Gasteiger partial charge in [0.05, 0.1) is 16.9 Å².